The van der Waals surface area contributed by atoms with Gasteiger partial charge in [-0.1, -0.05) is 12.1 Å². The van der Waals surface area contributed by atoms with Crippen LogP contribution >= 0.6 is 0 Å². The van der Waals surface area contributed by atoms with Gasteiger partial charge >= 0.3 is 0 Å². The van der Waals surface area contributed by atoms with Crippen molar-refractivity contribution in [3.63, 3.8) is 0 Å². The molecule has 5 nitrogen and oxygen atoms in total. The molecule has 105 valence electrons. The van der Waals surface area contributed by atoms with Crippen LogP contribution in [0.4, 0.5) is 5.82 Å². The van der Waals surface area contributed by atoms with E-state index in [-0.39, 0.29) is 0 Å². The molecule has 2 N–H and O–H groups in total. The first kappa shape index (κ1) is 12.3. The molecule has 2 heterocycles. The average molecular weight is 278 g/mol. The highest BCUT2D eigenvalue weighted by Gasteiger charge is 2.17. The minimum absolute atomic E-state index is 0.689. The van der Waals surface area contributed by atoms with Crippen LogP contribution in [0.3, 0.4) is 0 Å². The molecule has 1 saturated carbocycles. The van der Waals surface area contributed by atoms with Gasteiger partial charge in [0.15, 0.2) is 0 Å². The second-order valence-electron chi connectivity index (χ2n) is 5.43. The van der Waals surface area contributed by atoms with E-state index in [1.807, 2.05) is 36.5 Å². The monoisotopic (exact) mass is 278 g/mol. The Kier molecular flexibility index (Phi) is 3.03. The van der Waals surface area contributed by atoms with Gasteiger partial charge in [0.25, 0.3) is 0 Å². The fourth-order valence-corrected chi connectivity index (χ4v) is 2.50. The molecule has 0 aliphatic heterocycles. The second kappa shape index (κ2) is 5.16. The Hall–Kier alpha value is -2.43. The van der Waals surface area contributed by atoms with Crippen LogP contribution in [0.5, 0.6) is 0 Å². The standard InChI is InChI=1S/C16H16N5/c1-2-11(3-1)9-17-16-7-6-14(20-21-16)12-4-5-13-10-18-19-15(13)8-12/h2,4-8,10-11H,1,3,9H2,(H,17,21)(H,18,19). The SMILES string of the molecule is [CH]1CCC1CNc1ccc(-c2ccc3cn[nH]c3c2)nn1. The van der Waals surface area contributed by atoms with Gasteiger partial charge in [-0.2, -0.15) is 5.10 Å². The lowest BCUT2D eigenvalue weighted by Crippen LogP contribution is -2.22. The number of anilines is 1. The maximum Gasteiger partial charge on any atom is 0.148 e. The van der Waals surface area contributed by atoms with Crippen molar-refractivity contribution >= 4 is 16.7 Å². The highest BCUT2D eigenvalue weighted by atomic mass is 15.2. The van der Waals surface area contributed by atoms with Crippen molar-refractivity contribution in [1.82, 2.24) is 20.4 Å². The maximum atomic E-state index is 4.30. The molecule has 0 amide bonds. The molecule has 0 saturated heterocycles. The van der Waals surface area contributed by atoms with Crippen LogP contribution in [0.2, 0.25) is 0 Å². The fraction of sp³-hybridized carbons (Fsp3) is 0.250. The van der Waals surface area contributed by atoms with Crippen molar-refractivity contribution in [3.05, 3.63) is 42.9 Å². The van der Waals surface area contributed by atoms with Gasteiger partial charge in [0.2, 0.25) is 0 Å². The van der Waals surface area contributed by atoms with Crippen LogP contribution in [0.25, 0.3) is 22.2 Å². The number of H-pyrrole nitrogens is 1. The highest BCUT2D eigenvalue weighted by Crippen LogP contribution is 2.25. The summed E-state index contributed by atoms with van der Waals surface area (Å²) in [5.74, 6) is 1.52. The molecule has 1 aliphatic carbocycles. The zero-order chi connectivity index (χ0) is 14.1. The van der Waals surface area contributed by atoms with Crippen molar-refractivity contribution in [2.45, 2.75) is 12.8 Å². The van der Waals surface area contributed by atoms with Crippen molar-refractivity contribution in [1.29, 1.82) is 0 Å². The minimum Gasteiger partial charge on any atom is -0.368 e. The average Bonchev–Trinajstić information content (AvgIpc) is 2.94. The van der Waals surface area contributed by atoms with Crippen LogP contribution in [0, 0.1) is 12.3 Å². The number of nitrogens with zero attached hydrogens (tertiary/aromatic N) is 3. The number of aromatic amines is 1. The van der Waals surface area contributed by atoms with E-state index >= 15 is 0 Å². The van der Waals surface area contributed by atoms with Gasteiger partial charge in [0.1, 0.15) is 5.82 Å². The van der Waals surface area contributed by atoms with E-state index in [1.165, 1.54) is 12.8 Å². The summed E-state index contributed by atoms with van der Waals surface area (Å²) in [6, 6.07) is 10.1. The Morgan fingerprint density at radius 3 is 2.90 bits per heavy atom. The van der Waals surface area contributed by atoms with Crippen molar-refractivity contribution in [3.8, 4) is 11.3 Å². The van der Waals surface area contributed by atoms with E-state index in [2.05, 4.69) is 32.1 Å². The normalized spacial score (nSPS) is 15.0. The van der Waals surface area contributed by atoms with Gasteiger partial charge < -0.3 is 5.32 Å². The van der Waals surface area contributed by atoms with Crippen molar-refractivity contribution < 1.29 is 0 Å². The summed E-state index contributed by atoms with van der Waals surface area (Å²) in [6.45, 7) is 0.953. The molecule has 1 radical (unpaired) electrons. The Bertz CT molecular complexity index is 743. The number of hydrogen-bond donors (Lipinski definition) is 2. The quantitative estimate of drug-likeness (QED) is 0.769. The molecule has 5 heteroatoms. The molecule has 4 rings (SSSR count). The Labute approximate surface area is 122 Å². The van der Waals surface area contributed by atoms with Gasteiger partial charge in [-0.3, -0.25) is 5.10 Å². The van der Waals surface area contributed by atoms with Crippen LogP contribution in [-0.2, 0) is 0 Å². The van der Waals surface area contributed by atoms with Gasteiger partial charge in [0.05, 0.1) is 17.4 Å². The number of benzene rings is 1. The zero-order valence-corrected chi connectivity index (χ0v) is 11.6. The predicted octanol–water partition coefficient (Wildman–Crippen LogP) is 3.05. The van der Waals surface area contributed by atoms with Crippen LogP contribution in [0.15, 0.2) is 36.5 Å². The third-order valence-electron chi connectivity index (χ3n) is 3.99. The number of nitrogens with one attached hydrogen (secondary N) is 2. The molecule has 3 aromatic rings. The first-order chi connectivity index (χ1) is 10.4. The summed E-state index contributed by atoms with van der Waals surface area (Å²) in [4.78, 5) is 0. The van der Waals surface area contributed by atoms with Crippen LogP contribution in [0.1, 0.15) is 12.8 Å². The van der Waals surface area contributed by atoms with Crippen LogP contribution < -0.4 is 5.32 Å². The third kappa shape index (κ3) is 2.46. The molecule has 1 fully saturated rings. The summed E-state index contributed by atoms with van der Waals surface area (Å²) in [6.07, 6.45) is 6.68. The van der Waals surface area contributed by atoms with E-state index < -0.39 is 0 Å². The lowest BCUT2D eigenvalue weighted by Gasteiger charge is -2.25. The highest BCUT2D eigenvalue weighted by molar-refractivity contribution is 5.83. The van der Waals surface area contributed by atoms with E-state index in [4.69, 9.17) is 0 Å². The van der Waals surface area contributed by atoms with E-state index in [0.717, 1.165) is 34.5 Å². The third-order valence-corrected chi connectivity index (χ3v) is 3.99. The van der Waals surface area contributed by atoms with Crippen molar-refractivity contribution in [2.24, 2.45) is 5.92 Å². The molecule has 1 aliphatic rings. The lowest BCUT2D eigenvalue weighted by molar-refractivity contribution is 0.453. The number of fused-ring (bicyclic) bond motifs is 1. The Morgan fingerprint density at radius 1 is 1.19 bits per heavy atom. The summed E-state index contributed by atoms with van der Waals surface area (Å²) in [5.41, 5.74) is 2.92. The Balaban J connectivity index is 1.51. The molecule has 0 spiro atoms. The largest absolute Gasteiger partial charge is 0.368 e. The van der Waals surface area contributed by atoms with Gasteiger partial charge in [-0.15, -0.1) is 10.2 Å². The van der Waals surface area contributed by atoms with Gasteiger partial charge in [-0.05, 0) is 43.4 Å². The van der Waals surface area contributed by atoms with Gasteiger partial charge in [-0.25, -0.2) is 0 Å². The number of hydrogen-bond acceptors (Lipinski definition) is 4. The predicted molar refractivity (Wildman–Crippen MR) is 82.6 cm³/mol. The van der Waals surface area contributed by atoms with Crippen LogP contribution in [-0.4, -0.2) is 26.9 Å². The Morgan fingerprint density at radius 2 is 2.14 bits per heavy atom. The molecule has 1 atom stereocenters. The molecule has 21 heavy (non-hydrogen) atoms. The van der Waals surface area contributed by atoms with E-state index in [9.17, 15) is 0 Å². The molecular weight excluding hydrogens is 262 g/mol. The van der Waals surface area contributed by atoms with Crippen molar-refractivity contribution in [2.75, 3.05) is 11.9 Å². The molecular formula is C16H16N5. The smallest absolute Gasteiger partial charge is 0.148 e. The lowest BCUT2D eigenvalue weighted by atomic mass is 9.85. The molecule has 2 aromatic heterocycles. The maximum absolute atomic E-state index is 4.30. The van der Waals surface area contributed by atoms with E-state index in [1.54, 1.807) is 0 Å². The molecule has 1 unspecified atom stereocenters. The number of aromatic nitrogens is 4. The summed E-state index contributed by atoms with van der Waals surface area (Å²) in [5, 5.41) is 20.0. The van der Waals surface area contributed by atoms with Gasteiger partial charge in [0, 0.05) is 17.5 Å². The summed E-state index contributed by atoms with van der Waals surface area (Å²) in [7, 11) is 0. The molecule has 0 bridgehead atoms. The fourth-order valence-electron chi connectivity index (χ4n) is 2.50. The first-order valence-electron chi connectivity index (χ1n) is 7.23. The summed E-state index contributed by atoms with van der Waals surface area (Å²) < 4.78 is 0. The second-order valence-corrected chi connectivity index (χ2v) is 5.43. The number of rotatable bonds is 4. The topological polar surface area (TPSA) is 66.5 Å². The minimum atomic E-state index is 0.689. The van der Waals surface area contributed by atoms with E-state index in [0.29, 0.717) is 5.92 Å². The summed E-state index contributed by atoms with van der Waals surface area (Å²) >= 11 is 0. The first-order valence-corrected chi connectivity index (χ1v) is 7.23. The zero-order valence-electron chi connectivity index (χ0n) is 11.6. The molecule has 1 aromatic carbocycles.